The van der Waals surface area contributed by atoms with Crippen molar-refractivity contribution in [3.63, 3.8) is 0 Å². The third-order valence-corrected chi connectivity index (χ3v) is 3.96. The van der Waals surface area contributed by atoms with E-state index in [1.165, 1.54) is 0 Å². The van der Waals surface area contributed by atoms with Gasteiger partial charge in [-0.1, -0.05) is 54.6 Å². The molecule has 2 nitrogen and oxygen atoms in total. The molecular formula is C19H18O2. The topological polar surface area (TPSA) is 40.5 Å². The molecule has 3 rings (SSSR count). The maximum Gasteiger partial charge on any atom is 0.126 e. The third-order valence-electron chi connectivity index (χ3n) is 3.96. The Morgan fingerprint density at radius 1 is 0.952 bits per heavy atom. The summed E-state index contributed by atoms with van der Waals surface area (Å²) in [6.45, 7) is 1.88. The molecule has 2 aromatic carbocycles. The van der Waals surface area contributed by atoms with Gasteiger partial charge in [0.2, 0.25) is 0 Å². The zero-order chi connectivity index (χ0) is 14.9. The average Bonchev–Trinajstić information content (AvgIpc) is 2.52. The Morgan fingerprint density at radius 3 is 2.24 bits per heavy atom. The fourth-order valence-electron chi connectivity index (χ4n) is 2.63. The normalized spacial score (nSPS) is 24.2. The Bertz CT molecular complexity index is 685. The zero-order valence-electron chi connectivity index (χ0n) is 11.9. The molecule has 0 spiro atoms. The highest BCUT2D eigenvalue weighted by molar-refractivity contribution is 5.43. The first kappa shape index (κ1) is 13.7. The van der Waals surface area contributed by atoms with Crippen molar-refractivity contribution in [2.45, 2.75) is 18.4 Å². The number of aromatic hydroxyl groups is 1. The van der Waals surface area contributed by atoms with Gasteiger partial charge in [0.15, 0.2) is 0 Å². The summed E-state index contributed by atoms with van der Waals surface area (Å²) in [4.78, 5) is 0. The first-order chi connectivity index (χ1) is 10.1. The summed E-state index contributed by atoms with van der Waals surface area (Å²) in [6, 6.07) is 15.2. The van der Waals surface area contributed by atoms with E-state index >= 15 is 0 Å². The Hall–Kier alpha value is -2.32. The molecule has 0 atom stereocenters. The smallest absolute Gasteiger partial charge is 0.126 e. The second-order valence-corrected chi connectivity index (χ2v) is 5.48. The largest absolute Gasteiger partial charge is 0.508 e. The zero-order valence-corrected chi connectivity index (χ0v) is 11.9. The molecule has 0 saturated heterocycles. The van der Waals surface area contributed by atoms with Gasteiger partial charge < -0.3 is 10.2 Å². The monoisotopic (exact) mass is 278 g/mol. The number of phenols is 1. The fraction of sp³-hybridized carbons (Fsp3) is 0.158. The van der Waals surface area contributed by atoms with Gasteiger partial charge in [0.05, 0.1) is 0 Å². The minimum atomic E-state index is -1.04. The first-order valence-electron chi connectivity index (χ1n) is 7.05. The van der Waals surface area contributed by atoms with Crippen LogP contribution in [0.2, 0.25) is 0 Å². The van der Waals surface area contributed by atoms with E-state index in [0.717, 1.165) is 16.7 Å². The predicted octanol–water partition coefficient (Wildman–Crippen LogP) is 3.80. The Balaban J connectivity index is 1.87. The lowest BCUT2D eigenvalue weighted by atomic mass is 9.84. The van der Waals surface area contributed by atoms with Gasteiger partial charge in [-0.05, 0) is 41.8 Å². The number of aryl methyl sites for hydroxylation is 1. The standard InChI is InChI=1S/C19H18O2/c1-14-13-16(7-8-18(14)20)15-9-11-19(21,12-10-15)17-5-3-2-4-6-17/h2-13,15,20-21H,1H3. The molecule has 0 aliphatic heterocycles. The molecule has 2 N–H and O–H groups in total. The predicted molar refractivity (Wildman–Crippen MR) is 84.2 cm³/mol. The van der Waals surface area contributed by atoms with Crippen LogP contribution in [0.5, 0.6) is 5.75 Å². The van der Waals surface area contributed by atoms with E-state index < -0.39 is 5.60 Å². The average molecular weight is 278 g/mol. The number of hydrogen-bond acceptors (Lipinski definition) is 2. The maximum absolute atomic E-state index is 10.7. The highest BCUT2D eigenvalue weighted by Crippen LogP contribution is 2.33. The van der Waals surface area contributed by atoms with Gasteiger partial charge in [-0.3, -0.25) is 0 Å². The van der Waals surface area contributed by atoms with Crippen molar-refractivity contribution in [1.82, 2.24) is 0 Å². The molecule has 0 aromatic heterocycles. The minimum Gasteiger partial charge on any atom is -0.508 e. The molecule has 0 bridgehead atoms. The second kappa shape index (κ2) is 5.23. The van der Waals surface area contributed by atoms with E-state index in [9.17, 15) is 10.2 Å². The van der Waals surface area contributed by atoms with Crippen LogP contribution in [0.25, 0.3) is 0 Å². The Kier molecular flexibility index (Phi) is 3.40. The van der Waals surface area contributed by atoms with E-state index in [2.05, 4.69) is 0 Å². The van der Waals surface area contributed by atoms with Crippen LogP contribution in [0.4, 0.5) is 0 Å². The number of hydrogen-bond donors (Lipinski definition) is 2. The van der Waals surface area contributed by atoms with Gasteiger partial charge in [-0.2, -0.15) is 0 Å². The van der Waals surface area contributed by atoms with Crippen molar-refractivity contribution < 1.29 is 10.2 Å². The third kappa shape index (κ3) is 2.63. The quantitative estimate of drug-likeness (QED) is 0.820. The number of allylic oxidation sites excluding steroid dienone is 2. The summed E-state index contributed by atoms with van der Waals surface area (Å²) < 4.78 is 0. The van der Waals surface area contributed by atoms with Crippen LogP contribution in [-0.4, -0.2) is 10.2 Å². The molecule has 2 aromatic rings. The van der Waals surface area contributed by atoms with Gasteiger partial charge in [-0.15, -0.1) is 0 Å². The molecule has 0 fully saturated rings. The minimum absolute atomic E-state index is 0.119. The highest BCUT2D eigenvalue weighted by Gasteiger charge is 2.26. The Morgan fingerprint density at radius 2 is 1.62 bits per heavy atom. The number of phenolic OH excluding ortho intramolecular Hbond substituents is 1. The summed E-state index contributed by atoms with van der Waals surface area (Å²) in [5.41, 5.74) is 1.79. The van der Waals surface area contributed by atoms with E-state index in [0.29, 0.717) is 5.75 Å². The SMILES string of the molecule is Cc1cc(C2C=CC(O)(c3ccccc3)C=C2)ccc1O. The van der Waals surface area contributed by atoms with Gasteiger partial charge in [0, 0.05) is 5.92 Å². The van der Waals surface area contributed by atoms with Crippen molar-refractivity contribution >= 4 is 0 Å². The van der Waals surface area contributed by atoms with Crippen molar-refractivity contribution in [2.24, 2.45) is 0 Å². The number of benzene rings is 2. The second-order valence-electron chi connectivity index (χ2n) is 5.48. The van der Waals surface area contributed by atoms with E-state index in [4.69, 9.17) is 0 Å². The molecular weight excluding hydrogens is 260 g/mol. The molecule has 21 heavy (non-hydrogen) atoms. The molecule has 0 amide bonds. The van der Waals surface area contributed by atoms with E-state index in [1.807, 2.05) is 73.7 Å². The van der Waals surface area contributed by atoms with Crippen LogP contribution in [0.3, 0.4) is 0 Å². The molecule has 0 heterocycles. The van der Waals surface area contributed by atoms with Gasteiger partial charge in [0.1, 0.15) is 11.4 Å². The van der Waals surface area contributed by atoms with Crippen molar-refractivity contribution in [1.29, 1.82) is 0 Å². The van der Waals surface area contributed by atoms with E-state index in [1.54, 1.807) is 6.07 Å². The molecule has 0 radical (unpaired) electrons. The summed E-state index contributed by atoms with van der Waals surface area (Å²) in [5.74, 6) is 0.427. The van der Waals surface area contributed by atoms with E-state index in [-0.39, 0.29) is 5.92 Å². The lowest BCUT2D eigenvalue weighted by Gasteiger charge is -2.26. The van der Waals surface area contributed by atoms with Crippen molar-refractivity contribution in [3.8, 4) is 5.75 Å². The maximum atomic E-state index is 10.7. The van der Waals surface area contributed by atoms with Gasteiger partial charge >= 0.3 is 0 Å². The molecule has 2 heteroatoms. The van der Waals surface area contributed by atoms with Crippen LogP contribution in [0, 0.1) is 6.92 Å². The molecule has 0 unspecified atom stereocenters. The summed E-state index contributed by atoms with van der Waals surface area (Å²) >= 11 is 0. The van der Waals surface area contributed by atoms with Crippen molar-refractivity contribution in [2.75, 3.05) is 0 Å². The van der Waals surface area contributed by atoms with Crippen LogP contribution >= 0.6 is 0 Å². The molecule has 1 aliphatic carbocycles. The van der Waals surface area contributed by atoms with Crippen LogP contribution < -0.4 is 0 Å². The van der Waals surface area contributed by atoms with Crippen LogP contribution in [0.1, 0.15) is 22.6 Å². The number of aliphatic hydroxyl groups is 1. The highest BCUT2D eigenvalue weighted by atomic mass is 16.3. The van der Waals surface area contributed by atoms with Crippen molar-refractivity contribution in [3.05, 3.63) is 89.5 Å². The summed E-state index contributed by atoms with van der Waals surface area (Å²) in [5, 5.41) is 20.3. The molecule has 1 aliphatic rings. The van der Waals surface area contributed by atoms with Gasteiger partial charge in [0.25, 0.3) is 0 Å². The summed E-state index contributed by atoms with van der Waals surface area (Å²) in [7, 11) is 0. The number of rotatable bonds is 2. The summed E-state index contributed by atoms with van der Waals surface area (Å²) in [6.07, 6.45) is 7.65. The Labute approximate surface area is 124 Å². The molecule has 106 valence electrons. The fourth-order valence-corrected chi connectivity index (χ4v) is 2.63. The first-order valence-corrected chi connectivity index (χ1v) is 7.05. The lowest BCUT2D eigenvalue weighted by molar-refractivity contribution is 0.141. The lowest BCUT2D eigenvalue weighted by Crippen LogP contribution is -2.22. The van der Waals surface area contributed by atoms with Crippen LogP contribution in [-0.2, 0) is 5.60 Å². The van der Waals surface area contributed by atoms with Crippen LogP contribution in [0.15, 0.2) is 72.8 Å². The van der Waals surface area contributed by atoms with Gasteiger partial charge in [-0.25, -0.2) is 0 Å². The molecule has 0 saturated carbocycles.